The normalized spacial score (nSPS) is 12.7. The zero-order chi connectivity index (χ0) is 34.5. The Balaban J connectivity index is 1.58. The number of hydrogen-bond donors (Lipinski definition) is 0. The highest BCUT2D eigenvalue weighted by Gasteiger charge is 2.21. The van der Waals surface area contributed by atoms with Gasteiger partial charge < -0.3 is 18.9 Å². The molecule has 7 nitrogen and oxygen atoms in total. The van der Waals surface area contributed by atoms with Gasteiger partial charge in [-0.25, -0.2) is 8.42 Å². The Morgan fingerprint density at radius 3 is 1.88 bits per heavy atom. The molecule has 5 rings (SSSR count). The van der Waals surface area contributed by atoms with E-state index in [1.54, 1.807) is 32.4 Å². The lowest BCUT2D eigenvalue weighted by molar-refractivity contribution is -0.439. The van der Waals surface area contributed by atoms with E-state index in [4.69, 9.17) is 9.47 Å². The highest BCUT2D eigenvalue weighted by atomic mass is 32.2. The van der Waals surface area contributed by atoms with Crippen molar-refractivity contribution < 1.29 is 27.0 Å². The molecule has 0 saturated carbocycles. The molecule has 49 heavy (non-hydrogen) atoms. The molecule has 0 bridgehead atoms. The van der Waals surface area contributed by atoms with Crippen LogP contribution in [0.2, 0.25) is 0 Å². The van der Waals surface area contributed by atoms with Crippen molar-refractivity contribution in [1.82, 2.24) is 0 Å². The number of hydrogen-bond acceptors (Lipinski definition) is 6. The molecule has 0 unspecified atom stereocenters. The van der Waals surface area contributed by atoms with Gasteiger partial charge in [0, 0.05) is 81.6 Å². The highest BCUT2D eigenvalue weighted by Crippen LogP contribution is 2.35. The van der Waals surface area contributed by atoms with Gasteiger partial charge in [0.05, 0.1) is 4.90 Å². The summed E-state index contributed by atoms with van der Waals surface area (Å²) >= 11 is 0. The minimum absolute atomic E-state index is 0.244. The summed E-state index contributed by atoms with van der Waals surface area (Å²) in [4.78, 5) is 2.03. The van der Waals surface area contributed by atoms with Crippen LogP contribution in [0.15, 0.2) is 144 Å². The molecule has 0 spiro atoms. The maximum absolute atomic E-state index is 12.5. The molecule has 1 aliphatic rings. The molecule has 0 fully saturated rings. The van der Waals surface area contributed by atoms with E-state index in [9.17, 15) is 13.0 Å². The Bertz CT molecular complexity index is 1880. The molecule has 0 heterocycles. The molecule has 254 valence electrons. The van der Waals surface area contributed by atoms with Crippen LogP contribution in [0.5, 0.6) is 0 Å². The number of benzene rings is 4. The van der Waals surface area contributed by atoms with E-state index in [-0.39, 0.29) is 4.90 Å². The minimum atomic E-state index is -4.75. The second kappa shape index (κ2) is 17.7. The molecule has 0 saturated heterocycles. The van der Waals surface area contributed by atoms with Gasteiger partial charge in [0.1, 0.15) is 16.7 Å². The van der Waals surface area contributed by atoms with Crippen molar-refractivity contribution >= 4 is 38.5 Å². The van der Waals surface area contributed by atoms with Gasteiger partial charge in [-0.1, -0.05) is 66.7 Å². The van der Waals surface area contributed by atoms with Gasteiger partial charge in [-0.3, -0.25) is 0 Å². The van der Waals surface area contributed by atoms with Gasteiger partial charge >= 0.3 is 0 Å². The lowest BCUT2D eigenvalue weighted by Gasteiger charge is -2.26. The number of unbranched alkanes of at least 4 members (excludes halogenated alkanes) is 2. The highest BCUT2D eigenvalue weighted by molar-refractivity contribution is 7.85. The molecule has 1 aliphatic carbocycles. The molecule has 4 aromatic rings. The van der Waals surface area contributed by atoms with Crippen molar-refractivity contribution in [1.29, 1.82) is 0 Å². The van der Waals surface area contributed by atoms with Crippen molar-refractivity contribution in [2.24, 2.45) is 0 Å². The summed E-state index contributed by atoms with van der Waals surface area (Å²) in [5.41, 5.74) is 6.85. The van der Waals surface area contributed by atoms with Crippen LogP contribution in [-0.2, 0) is 19.6 Å². The summed E-state index contributed by atoms with van der Waals surface area (Å²) in [6.45, 7) is 3.03. The molecule has 0 amide bonds. The summed E-state index contributed by atoms with van der Waals surface area (Å²) in [5.74, 6) is 0. The van der Waals surface area contributed by atoms with Crippen molar-refractivity contribution in [2.75, 3.05) is 45.4 Å². The molecular weight excluding hydrogens is 633 g/mol. The number of para-hydroxylation sites is 2. The zero-order valence-electron chi connectivity index (χ0n) is 28.2. The van der Waals surface area contributed by atoms with Crippen LogP contribution < -0.4 is 4.90 Å². The van der Waals surface area contributed by atoms with Crippen LogP contribution in [0.1, 0.15) is 36.8 Å². The third-order valence-corrected chi connectivity index (χ3v) is 9.35. The van der Waals surface area contributed by atoms with Crippen molar-refractivity contribution in [3.8, 4) is 0 Å². The summed E-state index contributed by atoms with van der Waals surface area (Å²) in [5, 5.41) is 0. The Hall–Kier alpha value is -4.60. The summed E-state index contributed by atoms with van der Waals surface area (Å²) in [6, 6.07) is 35.0. The average Bonchev–Trinajstić information content (AvgIpc) is 3.13. The molecule has 0 N–H and O–H groups in total. The standard InChI is InChI=1S/C41H44N2O5S/c1-47-31-13-11-29-42(35-15-5-3-6-16-35)37-25-21-33(22-26-37)41(39-19-9-10-20-40(39)49(44,45)46)34-23-27-38(28-24-34)43(30-12-14-32-48-2)36-17-7-4-8-18-36/h3-10,15-28H,11-14,29-32H2,1-2H3. The van der Waals surface area contributed by atoms with E-state index in [0.717, 1.165) is 72.7 Å². The van der Waals surface area contributed by atoms with E-state index in [1.165, 1.54) is 6.07 Å². The van der Waals surface area contributed by atoms with Crippen molar-refractivity contribution in [2.45, 2.75) is 30.6 Å². The van der Waals surface area contributed by atoms with Crippen molar-refractivity contribution in [3.63, 3.8) is 0 Å². The first-order chi connectivity index (χ1) is 23.9. The predicted octanol–water partition coefficient (Wildman–Crippen LogP) is 8.30. The van der Waals surface area contributed by atoms with E-state index in [2.05, 4.69) is 58.0 Å². The number of ether oxygens (including phenoxy) is 2. The van der Waals surface area contributed by atoms with Crippen LogP contribution in [0.25, 0.3) is 5.57 Å². The van der Waals surface area contributed by atoms with Crippen molar-refractivity contribution in [3.05, 3.63) is 150 Å². The third-order valence-electron chi connectivity index (χ3n) is 8.46. The maximum Gasteiger partial charge on any atom is 0.205 e. The van der Waals surface area contributed by atoms with E-state index in [1.807, 2.05) is 60.7 Å². The fourth-order valence-electron chi connectivity index (χ4n) is 6.05. The Morgan fingerprint density at radius 1 is 0.673 bits per heavy atom. The first-order valence-electron chi connectivity index (χ1n) is 16.7. The molecule has 0 aromatic heterocycles. The molecule has 0 aliphatic heterocycles. The van der Waals surface area contributed by atoms with Gasteiger partial charge in [0.15, 0.2) is 0 Å². The summed E-state index contributed by atoms with van der Waals surface area (Å²) in [7, 11) is -1.31. The SMILES string of the molecule is COCCCCN(c1ccccc1)c1ccc(C(=C2C=CC(=[N+](CCCCOC)c3ccccc3)C=C2)c2ccccc2S(=O)(=O)[O-])cc1. The largest absolute Gasteiger partial charge is 0.744 e. The topological polar surface area (TPSA) is 81.9 Å². The Morgan fingerprint density at radius 2 is 1.24 bits per heavy atom. The predicted molar refractivity (Wildman–Crippen MR) is 197 cm³/mol. The van der Waals surface area contributed by atoms with E-state index >= 15 is 0 Å². The van der Waals surface area contributed by atoms with E-state index in [0.29, 0.717) is 24.4 Å². The second-order valence-electron chi connectivity index (χ2n) is 11.8. The lowest BCUT2D eigenvalue weighted by Crippen LogP contribution is -2.18. The van der Waals surface area contributed by atoms with Crippen LogP contribution in [0.3, 0.4) is 0 Å². The first-order valence-corrected chi connectivity index (χ1v) is 18.1. The molecule has 4 aromatic carbocycles. The first kappa shape index (κ1) is 35.7. The number of nitrogens with zero attached hydrogens (tertiary/aromatic N) is 2. The minimum Gasteiger partial charge on any atom is -0.744 e. The molecule has 8 heteroatoms. The van der Waals surface area contributed by atoms with Gasteiger partial charge in [-0.05, 0) is 78.5 Å². The summed E-state index contributed by atoms with van der Waals surface area (Å²) in [6.07, 6.45) is 11.9. The maximum atomic E-state index is 12.5. The van der Waals surface area contributed by atoms with E-state index < -0.39 is 10.1 Å². The van der Waals surface area contributed by atoms with Crippen LogP contribution in [0, 0.1) is 0 Å². The molecule has 0 atom stereocenters. The van der Waals surface area contributed by atoms with Gasteiger partial charge in [-0.15, -0.1) is 0 Å². The number of rotatable bonds is 16. The van der Waals surface area contributed by atoms with Crippen LogP contribution in [-0.4, -0.2) is 63.8 Å². The third kappa shape index (κ3) is 9.52. The summed E-state index contributed by atoms with van der Waals surface area (Å²) < 4.78 is 50.4. The molecular formula is C41H44N2O5S. The fourth-order valence-corrected chi connectivity index (χ4v) is 6.73. The fraction of sp³-hybridized carbons (Fsp3) is 0.244. The van der Waals surface area contributed by atoms with Gasteiger partial charge in [-0.2, -0.15) is 4.58 Å². The lowest BCUT2D eigenvalue weighted by atomic mass is 9.90. The smallest absolute Gasteiger partial charge is 0.205 e. The zero-order valence-corrected chi connectivity index (χ0v) is 29.0. The van der Waals surface area contributed by atoms with Gasteiger partial charge in [0.25, 0.3) is 0 Å². The average molecular weight is 677 g/mol. The number of allylic oxidation sites excluding steroid dienone is 5. The molecule has 0 radical (unpaired) electrons. The Labute approximate surface area is 290 Å². The van der Waals surface area contributed by atoms with Gasteiger partial charge in [0.2, 0.25) is 11.4 Å². The van der Waals surface area contributed by atoms with Crippen LogP contribution in [0.4, 0.5) is 17.1 Å². The monoisotopic (exact) mass is 676 g/mol. The second-order valence-corrected chi connectivity index (χ2v) is 13.1. The number of methoxy groups -OCH3 is 2. The van der Waals surface area contributed by atoms with Crippen LogP contribution >= 0.6 is 0 Å². The quantitative estimate of drug-likeness (QED) is 0.0675. The Kier molecular flexibility index (Phi) is 12.9. The number of anilines is 2.